The monoisotopic (exact) mass is 367 g/mol. The summed E-state index contributed by atoms with van der Waals surface area (Å²) in [5.41, 5.74) is 1.67. The number of benzene rings is 2. The molecule has 0 aliphatic rings. The lowest BCUT2D eigenvalue weighted by Gasteiger charge is -2.07. The van der Waals surface area contributed by atoms with Crippen molar-refractivity contribution in [1.82, 2.24) is 10.3 Å². The minimum absolute atomic E-state index is 0.254. The summed E-state index contributed by atoms with van der Waals surface area (Å²) in [5.74, 6) is 1.34. The fourth-order valence-corrected chi connectivity index (χ4v) is 2.46. The highest BCUT2D eigenvalue weighted by atomic mass is 16.6. The Kier molecular flexibility index (Phi) is 6.04. The maximum atomic E-state index is 12.6. The molecule has 27 heavy (non-hydrogen) atoms. The van der Waals surface area contributed by atoms with Gasteiger partial charge in [0, 0.05) is 11.1 Å². The summed E-state index contributed by atoms with van der Waals surface area (Å²) < 4.78 is 15.8. The van der Waals surface area contributed by atoms with Gasteiger partial charge in [-0.1, -0.05) is 13.0 Å². The molecule has 140 valence electrons. The van der Waals surface area contributed by atoms with Crippen LogP contribution in [0, 0.1) is 0 Å². The first kappa shape index (κ1) is 18.4. The van der Waals surface area contributed by atoms with Gasteiger partial charge in [0.15, 0.2) is 5.69 Å². The number of hydrogen-bond acceptors (Lipinski definition) is 6. The van der Waals surface area contributed by atoms with Gasteiger partial charge in [0.05, 0.1) is 13.2 Å². The molecule has 0 radical (unpaired) electrons. The van der Waals surface area contributed by atoms with Crippen LogP contribution >= 0.6 is 0 Å². The van der Waals surface area contributed by atoms with E-state index in [9.17, 15) is 4.79 Å². The highest BCUT2D eigenvalue weighted by molar-refractivity contribution is 6.05. The van der Waals surface area contributed by atoms with E-state index >= 15 is 0 Å². The zero-order valence-corrected chi connectivity index (χ0v) is 15.3. The van der Waals surface area contributed by atoms with Crippen molar-refractivity contribution in [2.45, 2.75) is 20.3 Å². The molecule has 3 rings (SSSR count). The molecule has 1 aromatic heterocycles. The van der Waals surface area contributed by atoms with Crippen molar-refractivity contribution >= 4 is 11.7 Å². The number of amides is 1. The molecule has 0 spiro atoms. The zero-order valence-electron chi connectivity index (χ0n) is 15.3. The third-order valence-corrected chi connectivity index (χ3v) is 3.73. The quantitative estimate of drug-likeness (QED) is 0.643. The van der Waals surface area contributed by atoms with Crippen LogP contribution in [0.4, 0.5) is 5.82 Å². The van der Waals surface area contributed by atoms with E-state index in [0.717, 1.165) is 17.7 Å². The Bertz CT molecular complexity index is 890. The van der Waals surface area contributed by atoms with Gasteiger partial charge in [-0.2, -0.15) is 0 Å². The summed E-state index contributed by atoms with van der Waals surface area (Å²) in [7, 11) is 0. The van der Waals surface area contributed by atoms with Crippen LogP contribution in [0.2, 0.25) is 0 Å². The van der Waals surface area contributed by atoms with Gasteiger partial charge < -0.3 is 14.8 Å². The third-order valence-electron chi connectivity index (χ3n) is 3.73. The van der Waals surface area contributed by atoms with Gasteiger partial charge in [-0.3, -0.25) is 4.79 Å². The number of ether oxygens (including phenoxy) is 2. The summed E-state index contributed by atoms with van der Waals surface area (Å²) >= 11 is 0. The largest absolute Gasteiger partial charge is 0.494 e. The van der Waals surface area contributed by atoms with Crippen molar-refractivity contribution in [3.63, 3.8) is 0 Å². The van der Waals surface area contributed by atoms with E-state index in [4.69, 9.17) is 14.1 Å². The van der Waals surface area contributed by atoms with Gasteiger partial charge in [0.25, 0.3) is 5.91 Å². The van der Waals surface area contributed by atoms with Crippen LogP contribution in [0.3, 0.4) is 0 Å². The Morgan fingerprint density at radius 3 is 2.59 bits per heavy atom. The Morgan fingerprint density at radius 2 is 1.85 bits per heavy atom. The minimum atomic E-state index is -0.320. The van der Waals surface area contributed by atoms with Crippen LogP contribution in [-0.2, 0) is 0 Å². The van der Waals surface area contributed by atoms with E-state index in [0.29, 0.717) is 30.2 Å². The van der Waals surface area contributed by atoms with E-state index in [1.165, 1.54) is 0 Å². The minimum Gasteiger partial charge on any atom is -0.494 e. The van der Waals surface area contributed by atoms with Gasteiger partial charge in [0.2, 0.25) is 5.82 Å². The predicted octanol–water partition coefficient (Wildman–Crippen LogP) is 4.18. The number of aromatic nitrogens is 2. The molecule has 3 aromatic rings. The number of nitrogens with one attached hydrogen (secondary N) is 1. The van der Waals surface area contributed by atoms with Crippen LogP contribution in [0.15, 0.2) is 53.2 Å². The zero-order chi connectivity index (χ0) is 19.1. The average Bonchev–Trinajstić information content (AvgIpc) is 3.15. The van der Waals surface area contributed by atoms with Gasteiger partial charge in [-0.25, -0.2) is 4.63 Å². The molecule has 0 fully saturated rings. The molecular formula is C20H21N3O4. The number of anilines is 1. The molecule has 0 atom stereocenters. The lowest BCUT2D eigenvalue weighted by molar-refractivity contribution is 0.102. The summed E-state index contributed by atoms with van der Waals surface area (Å²) in [6, 6.07) is 14.3. The molecule has 1 amide bonds. The maximum Gasteiger partial charge on any atom is 0.257 e. The molecular weight excluding hydrogens is 346 g/mol. The van der Waals surface area contributed by atoms with Gasteiger partial charge in [-0.05, 0) is 66.1 Å². The molecule has 1 N–H and O–H groups in total. The molecule has 0 saturated heterocycles. The normalized spacial score (nSPS) is 10.4. The standard InChI is InChI=1S/C20H21N3O4/c1-3-12-26-17-7-5-6-15(13-17)20(24)21-19-18(22-27-23-19)14-8-10-16(11-9-14)25-4-2/h5-11,13H,3-4,12H2,1-2H3,(H,21,23,24). The van der Waals surface area contributed by atoms with Crippen LogP contribution in [-0.4, -0.2) is 29.4 Å². The first-order valence-electron chi connectivity index (χ1n) is 8.81. The van der Waals surface area contributed by atoms with Crippen molar-refractivity contribution in [2.75, 3.05) is 18.5 Å². The van der Waals surface area contributed by atoms with E-state index < -0.39 is 0 Å². The molecule has 0 unspecified atom stereocenters. The molecule has 7 heteroatoms. The van der Waals surface area contributed by atoms with Crippen LogP contribution < -0.4 is 14.8 Å². The molecule has 1 heterocycles. The third kappa shape index (κ3) is 4.63. The second-order valence-corrected chi connectivity index (χ2v) is 5.75. The Balaban J connectivity index is 1.75. The topological polar surface area (TPSA) is 86.5 Å². The molecule has 0 aliphatic carbocycles. The van der Waals surface area contributed by atoms with Crippen LogP contribution in [0.25, 0.3) is 11.3 Å². The highest BCUT2D eigenvalue weighted by Gasteiger charge is 2.16. The Hall–Kier alpha value is -3.35. The van der Waals surface area contributed by atoms with Crippen LogP contribution in [0.1, 0.15) is 30.6 Å². The van der Waals surface area contributed by atoms with E-state index in [1.807, 2.05) is 44.2 Å². The number of rotatable bonds is 8. The lowest BCUT2D eigenvalue weighted by Crippen LogP contribution is -2.13. The number of carbonyl (C=O) groups excluding carboxylic acids is 1. The summed E-state index contributed by atoms with van der Waals surface area (Å²) in [5, 5.41) is 10.4. The van der Waals surface area contributed by atoms with E-state index in [-0.39, 0.29) is 11.7 Å². The van der Waals surface area contributed by atoms with Gasteiger partial charge in [0.1, 0.15) is 11.5 Å². The highest BCUT2D eigenvalue weighted by Crippen LogP contribution is 2.27. The van der Waals surface area contributed by atoms with Crippen LogP contribution in [0.5, 0.6) is 11.5 Å². The molecule has 2 aromatic carbocycles. The average molecular weight is 367 g/mol. The first-order valence-corrected chi connectivity index (χ1v) is 8.81. The maximum absolute atomic E-state index is 12.6. The summed E-state index contributed by atoms with van der Waals surface area (Å²) in [4.78, 5) is 12.6. The summed E-state index contributed by atoms with van der Waals surface area (Å²) in [6.45, 7) is 5.13. The van der Waals surface area contributed by atoms with Gasteiger partial charge in [-0.15, -0.1) is 0 Å². The van der Waals surface area contributed by atoms with E-state index in [1.54, 1.807) is 18.2 Å². The fourth-order valence-electron chi connectivity index (χ4n) is 2.46. The van der Waals surface area contributed by atoms with Gasteiger partial charge >= 0.3 is 0 Å². The summed E-state index contributed by atoms with van der Waals surface area (Å²) in [6.07, 6.45) is 0.895. The Morgan fingerprint density at radius 1 is 1.04 bits per heavy atom. The predicted molar refractivity (Wildman–Crippen MR) is 101 cm³/mol. The van der Waals surface area contributed by atoms with Crippen molar-refractivity contribution in [3.8, 4) is 22.8 Å². The second-order valence-electron chi connectivity index (χ2n) is 5.75. The van der Waals surface area contributed by atoms with Crippen molar-refractivity contribution in [1.29, 1.82) is 0 Å². The number of nitrogens with zero attached hydrogens (tertiary/aromatic N) is 2. The molecule has 0 saturated carbocycles. The molecule has 0 bridgehead atoms. The first-order chi connectivity index (χ1) is 13.2. The number of hydrogen-bond donors (Lipinski definition) is 1. The van der Waals surface area contributed by atoms with E-state index in [2.05, 4.69) is 15.6 Å². The van der Waals surface area contributed by atoms with Crippen molar-refractivity contribution in [3.05, 3.63) is 54.1 Å². The molecule has 7 nitrogen and oxygen atoms in total. The Labute approximate surface area is 157 Å². The molecule has 0 aliphatic heterocycles. The second kappa shape index (κ2) is 8.84. The van der Waals surface area contributed by atoms with Crippen molar-refractivity contribution in [2.24, 2.45) is 0 Å². The van der Waals surface area contributed by atoms with Crippen molar-refractivity contribution < 1.29 is 18.9 Å². The smallest absolute Gasteiger partial charge is 0.257 e. The fraction of sp³-hybridized carbons (Fsp3) is 0.250. The number of carbonyl (C=O) groups is 1. The lowest BCUT2D eigenvalue weighted by atomic mass is 10.1. The SMILES string of the molecule is CCCOc1cccc(C(=O)Nc2nonc2-c2ccc(OCC)cc2)c1.